The lowest BCUT2D eigenvalue weighted by Gasteiger charge is -2.12. The van der Waals surface area contributed by atoms with Crippen LogP contribution >= 0.6 is 23.2 Å². The van der Waals surface area contributed by atoms with Crippen LogP contribution in [0.15, 0.2) is 17.0 Å². The molecule has 0 fully saturated rings. The average molecular weight is 341 g/mol. The van der Waals surface area contributed by atoms with Gasteiger partial charge in [0.05, 0.1) is 17.7 Å². The second-order valence-electron chi connectivity index (χ2n) is 4.40. The van der Waals surface area contributed by atoms with Crippen molar-refractivity contribution in [3.63, 3.8) is 0 Å². The van der Waals surface area contributed by atoms with E-state index in [1.807, 2.05) is 13.8 Å². The summed E-state index contributed by atoms with van der Waals surface area (Å²) in [4.78, 5) is -0.0725. The maximum atomic E-state index is 12.2. The number of hydrogen-bond donors (Lipinski definition) is 2. The van der Waals surface area contributed by atoms with Crippen molar-refractivity contribution in [1.82, 2.24) is 4.72 Å². The Labute approximate surface area is 129 Å². The molecule has 0 atom stereocenters. The predicted octanol–water partition coefficient (Wildman–Crippen LogP) is 2.16. The van der Waals surface area contributed by atoms with Gasteiger partial charge in [-0.25, -0.2) is 13.1 Å². The van der Waals surface area contributed by atoms with Crippen molar-refractivity contribution < 1.29 is 13.2 Å². The Balaban J connectivity index is 2.90. The molecule has 0 aliphatic heterocycles. The highest BCUT2D eigenvalue weighted by Crippen LogP contribution is 2.29. The lowest BCUT2D eigenvalue weighted by molar-refractivity contribution is 0.0834. The number of benzene rings is 1. The topological polar surface area (TPSA) is 81.4 Å². The molecule has 0 heterocycles. The van der Waals surface area contributed by atoms with Gasteiger partial charge in [-0.1, -0.05) is 23.2 Å². The molecular weight excluding hydrogens is 323 g/mol. The predicted molar refractivity (Wildman–Crippen MR) is 80.6 cm³/mol. The first-order chi connectivity index (χ1) is 9.27. The van der Waals surface area contributed by atoms with Gasteiger partial charge in [-0.2, -0.15) is 0 Å². The smallest absolute Gasteiger partial charge is 0.242 e. The van der Waals surface area contributed by atoms with Crippen molar-refractivity contribution >= 4 is 33.2 Å². The number of halogens is 2. The van der Waals surface area contributed by atoms with Gasteiger partial charge in [0.15, 0.2) is 0 Å². The summed E-state index contributed by atoms with van der Waals surface area (Å²) in [6.45, 7) is 4.28. The van der Waals surface area contributed by atoms with Crippen molar-refractivity contribution in [2.75, 3.05) is 13.2 Å². The summed E-state index contributed by atoms with van der Waals surface area (Å²) in [5.41, 5.74) is 5.99. The van der Waals surface area contributed by atoms with Crippen LogP contribution in [0, 0.1) is 0 Å². The molecule has 0 aromatic heterocycles. The molecule has 0 saturated heterocycles. The van der Waals surface area contributed by atoms with E-state index in [0.29, 0.717) is 5.56 Å². The highest BCUT2D eigenvalue weighted by Gasteiger charge is 2.20. The van der Waals surface area contributed by atoms with Crippen LogP contribution in [0.3, 0.4) is 0 Å². The molecule has 0 spiro atoms. The number of nitrogens with two attached hydrogens (primary N) is 1. The van der Waals surface area contributed by atoms with Crippen LogP contribution in [0.25, 0.3) is 0 Å². The largest absolute Gasteiger partial charge is 0.377 e. The minimum Gasteiger partial charge on any atom is -0.377 e. The molecule has 5 nitrogen and oxygen atoms in total. The van der Waals surface area contributed by atoms with Gasteiger partial charge in [-0.15, -0.1) is 0 Å². The van der Waals surface area contributed by atoms with Gasteiger partial charge in [0.2, 0.25) is 10.0 Å². The van der Waals surface area contributed by atoms with E-state index in [1.165, 1.54) is 6.07 Å². The Hall–Kier alpha value is -0.370. The third-order valence-electron chi connectivity index (χ3n) is 2.43. The van der Waals surface area contributed by atoms with Crippen LogP contribution in [0.2, 0.25) is 10.0 Å². The van der Waals surface area contributed by atoms with Crippen LogP contribution in [-0.2, 0) is 21.3 Å². The zero-order valence-corrected chi connectivity index (χ0v) is 13.6. The van der Waals surface area contributed by atoms with Gasteiger partial charge >= 0.3 is 0 Å². The Kier molecular flexibility index (Phi) is 6.71. The first kappa shape index (κ1) is 17.7. The van der Waals surface area contributed by atoms with E-state index < -0.39 is 10.0 Å². The number of nitrogens with one attached hydrogen (secondary N) is 1. The summed E-state index contributed by atoms with van der Waals surface area (Å²) in [7, 11) is -3.75. The van der Waals surface area contributed by atoms with E-state index in [4.69, 9.17) is 33.7 Å². The van der Waals surface area contributed by atoms with E-state index in [0.717, 1.165) is 0 Å². The fourth-order valence-corrected chi connectivity index (χ4v) is 3.46. The van der Waals surface area contributed by atoms with Gasteiger partial charge < -0.3 is 10.5 Å². The minimum absolute atomic E-state index is 0.0399. The van der Waals surface area contributed by atoms with Gasteiger partial charge in [0.25, 0.3) is 0 Å². The van der Waals surface area contributed by atoms with Crippen LogP contribution in [0.1, 0.15) is 19.4 Å². The first-order valence-electron chi connectivity index (χ1n) is 6.07. The van der Waals surface area contributed by atoms with Crippen molar-refractivity contribution in [2.45, 2.75) is 31.4 Å². The number of hydrogen-bond acceptors (Lipinski definition) is 4. The summed E-state index contributed by atoms with van der Waals surface area (Å²) in [5, 5.41) is 0.364. The van der Waals surface area contributed by atoms with E-state index in [9.17, 15) is 8.42 Å². The highest BCUT2D eigenvalue weighted by molar-refractivity contribution is 7.89. The van der Waals surface area contributed by atoms with Crippen molar-refractivity contribution in [3.05, 3.63) is 27.7 Å². The fraction of sp³-hybridized carbons (Fsp3) is 0.500. The molecule has 8 heteroatoms. The summed E-state index contributed by atoms with van der Waals surface area (Å²) in [5.74, 6) is 0. The summed E-state index contributed by atoms with van der Waals surface area (Å²) in [6.07, 6.45) is 0.0399. The monoisotopic (exact) mass is 340 g/mol. The third-order valence-corrected chi connectivity index (χ3v) is 4.70. The second-order valence-corrected chi connectivity index (χ2v) is 6.95. The van der Waals surface area contributed by atoms with Crippen LogP contribution in [0.4, 0.5) is 0 Å². The maximum absolute atomic E-state index is 12.2. The van der Waals surface area contributed by atoms with E-state index in [2.05, 4.69) is 4.72 Å². The lowest BCUT2D eigenvalue weighted by atomic mass is 10.2. The molecule has 114 valence electrons. The van der Waals surface area contributed by atoms with Gasteiger partial charge in [-0.05, 0) is 31.5 Å². The van der Waals surface area contributed by atoms with E-state index >= 15 is 0 Å². The molecule has 3 N–H and O–H groups in total. The Morgan fingerprint density at radius 1 is 1.35 bits per heavy atom. The molecule has 0 radical (unpaired) electrons. The van der Waals surface area contributed by atoms with Crippen molar-refractivity contribution in [2.24, 2.45) is 5.73 Å². The lowest BCUT2D eigenvalue weighted by Crippen LogP contribution is -2.28. The molecule has 0 amide bonds. The van der Waals surface area contributed by atoms with Crippen LogP contribution in [-0.4, -0.2) is 27.7 Å². The zero-order valence-electron chi connectivity index (χ0n) is 11.3. The first-order valence-corrected chi connectivity index (χ1v) is 8.31. The molecule has 20 heavy (non-hydrogen) atoms. The van der Waals surface area contributed by atoms with E-state index in [1.54, 1.807) is 6.07 Å². The normalized spacial score (nSPS) is 12.1. The molecule has 1 aromatic rings. The van der Waals surface area contributed by atoms with Crippen LogP contribution < -0.4 is 10.5 Å². The fourth-order valence-electron chi connectivity index (χ4n) is 1.51. The van der Waals surface area contributed by atoms with Gasteiger partial charge in [-0.3, -0.25) is 0 Å². The number of sulfonamides is 1. The van der Waals surface area contributed by atoms with Crippen LogP contribution in [0.5, 0.6) is 0 Å². The SMILES string of the molecule is CC(C)OCCNS(=O)(=O)c1cc(Cl)cc(CN)c1Cl. The van der Waals surface area contributed by atoms with Crippen molar-refractivity contribution in [1.29, 1.82) is 0 Å². The molecule has 0 aliphatic carbocycles. The quantitative estimate of drug-likeness (QED) is 0.745. The summed E-state index contributed by atoms with van der Waals surface area (Å²) < 4.78 is 32.0. The Bertz CT molecular complexity index is 562. The Morgan fingerprint density at radius 3 is 2.55 bits per heavy atom. The minimum atomic E-state index is -3.75. The zero-order chi connectivity index (χ0) is 15.3. The van der Waals surface area contributed by atoms with Gasteiger partial charge in [0, 0.05) is 18.1 Å². The molecule has 1 rings (SSSR count). The third kappa shape index (κ3) is 4.87. The standard InChI is InChI=1S/C12H18Cl2N2O3S/c1-8(2)19-4-3-16-20(17,18)11-6-10(13)5-9(7-15)12(11)14/h5-6,8,16H,3-4,7,15H2,1-2H3. The molecular formula is C12H18Cl2N2O3S. The molecule has 0 bridgehead atoms. The summed E-state index contributed by atoms with van der Waals surface area (Å²) >= 11 is 11.9. The molecule has 0 unspecified atom stereocenters. The molecule has 1 aromatic carbocycles. The molecule has 0 aliphatic rings. The van der Waals surface area contributed by atoms with E-state index in [-0.39, 0.29) is 40.7 Å². The molecule has 0 saturated carbocycles. The number of rotatable bonds is 7. The maximum Gasteiger partial charge on any atom is 0.242 e. The Morgan fingerprint density at radius 2 is 2.00 bits per heavy atom. The average Bonchev–Trinajstić information content (AvgIpc) is 2.36. The summed E-state index contributed by atoms with van der Waals surface area (Å²) in [6, 6.07) is 2.85. The highest BCUT2D eigenvalue weighted by atomic mass is 35.5. The number of ether oxygens (including phenoxy) is 1. The van der Waals surface area contributed by atoms with Gasteiger partial charge in [0.1, 0.15) is 4.90 Å². The second kappa shape index (κ2) is 7.59. The van der Waals surface area contributed by atoms with Crippen molar-refractivity contribution in [3.8, 4) is 0 Å².